The van der Waals surface area contributed by atoms with Gasteiger partial charge in [0.1, 0.15) is 5.82 Å². The zero-order chi connectivity index (χ0) is 21.4. The molecule has 3 rings (SSSR count). The van der Waals surface area contributed by atoms with E-state index < -0.39 is 29.4 Å². The van der Waals surface area contributed by atoms with Crippen LogP contribution in [0.5, 0.6) is 0 Å². The summed E-state index contributed by atoms with van der Waals surface area (Å²) in [5.41, 5.74) is 0.151. The molecule has 0 saturated carbocycles. The number of carbonyl (C=O) groups excluding carboxylic acids is 1. The summed E-state index contributed by atoms with van der Waals surface area (Å²) in [5.74, 6) is -1.73. The van der Waals surface area contributed by atoms with Gasteiger partial charge in [0.05, 0.1) is 18.6 Å². The molecule has 1 aromatic carbocycles. The molecule has 3 aromatic rings. The number of hydrogen-bond acceptors (Lipinski definition) is 6. The molecule has 1 atom stereocenters. The fraction of sp³-hybridized carbons (Fsp3) is 0.368. The van der Waals surface area contributed by atoms with Crippen molar-refractivity contribution in [3.63, 3.8) is 0 Å². The number of aryl methyl sites for hydroxylation is 1. The number of hydrogen-bond donors (Lipinski definition) is 1. The summed E-state index contributed by atoms with van der Waals surface area (Å²) in [7, 11) is 1.29. The molecule has 154 valence electrons. The summed E-state index contributed by atoms with van der Waals surface area (Å²) >= 11 is 0. The van der Waals surface area contributed by atoms with Crippen molar-refractivity contribution in [1.29, 1.82) is 0 Å². The van der Waals surface area contributed by atoms with E-state index in [4.69, 9.17) is 4.74 Å². The number of halogens is 3. The lowest BCUT2D eigenvalue weighted by atomic mass is 9.80. The van der Waals surface area contributed by atoms with Crippen LogP contribution in [0, 0.1) is 12.3 Å². The van der Waals surface area contributed by atoms with E-state index in [0.717, 1.165) is 10.1 Å². The Labute approximate surface area is 164 Å². The molecule has 2 aromatic heterocycles. The molecule has 0 aliphatic heterocycles. The molecule has 29 heavy (non-hydrogen) atoms. The zero-order valence-electron chi connectivity index (χ0n) is 16.3. The minimum Gasteiger partial charge on any atom is -0.469 e. The van der Waals surface area contributed by atoms with Gasteiger partial charge in [-0.2, -0.15) is 22.7 Å². The van der Waals surface area contributed by atoms with Gasteiger partial charge in [-0.05, 0) is 26.3 Å². The number of carbonyl (C=O) groups is 1. The molecule has 0 fully saturated rings. The fourth-order valence-electron chi connectivity index (χ4n) is 3.06. The van der Waals surface area contributed by atoms with Crippen molar-refractivity contribution < 1.29 is 22.7 Å². The van der Waals surface area contributed by atoms with Crippen molar-refractivity contribution in [2.24, 2.45) is 5.41 Å². The molecule has 0 amide bonds. The van der Waals surface area contributed by atoms with Gasteiger partial charge < -0.3 is 10.1 Å². The van der Waals surface area contributed by atoms with Crippen molar-refractivity contribution in [3.8, 4) is 0 Å². The van der Waals surface area contributed by atoms with Crippen LogP contribution in [0.1, 0.15) is 37.0 Å². The number of esters is 1. The number of methoxy groups -OCH3 is 1. The van der Waals surface area contributed by atoms with Gasteiger partial charge in [-0.3, -0.25) is 4.79 Å². The van der Waals surface area contributed by atoms with Crippen molar-refractivity contribution in [2.75, 3.05) is 12.4 Å². The van der Waals surface area contributed by atoms with E-state index in [1.807, 2.05) is 30.3 Å². The van der Waals surface area contributed by atoms with E-state index in [9.17, 15) is 18.0 Å². The molecule has 0 unspecified atom stereocenters. The van der Waals surface area contributed by atoms with Crippen molar-refractivity contribution in [2.45, 2.75) is 33.0 Å². The number of aromatic nitrogens is 4. The molecule has 0 spiro atoms. The lowest BCUT2D eigenvalue weighted by molar-refractivity contribution is -0.151. The first-order valence-corrected chi connectivity index (χ1v) is 8.75. The number of nitrogens with one attached hydrogen (secondary N) is 1. The highest BCUT2D eigenvalue weighted by atomic mass is 19.4. The van der Waals surface area contributed by atoms with Crippen molar-refractivity contribution in [3.05, 3.63) is 53.5 Å². The second-order valence-electron chi connectivity index (χ2n) is 7.13. The second kappa shape index (κ2) is 7.34. The van der Waals surface area contributed by atoms with E-state index >= 15 is 0 Å². The smallest absolute Gasteiger partial charge is 0.453 e. The monoisotopic (exact) mass is 407 g/mol. The zero-order valence-corrected chi connectivity index (χ0v) is 16.3. The molecular formula is C19H20F3N5O2. The van der Waals surface area contributed by atoms with Crippen LogP contribution in [0.4, 0.5) is 19.0 Å². The molecular weight excluding hydrogens is 387 g/mol. The fourth-order valence-corrected chi connectivity index (χ4v) is 3.06. The molecule has 0 bridgehead atoms. The third kappa shape index (κ3) is 4.01. The molecule has 0 radical (unpaired) electrons. The van der Waals surface area contributed by atoms with Gasteiger partial charge in [0, 0.05) is 11.8 Å². The summed E-state index contributed by atoms with van der Waals surface area (Å²) < 4.78 is 45.2. The molecule has 0 saturated heterocycles. The third-order valence-electron chi connectivity index (χ3n) is 4.55. The highest BCUT2D eigenvalue weighted by molar-refractivity contribution is 5.78. The molecule has 0 aliphatic carbocycles. The quantitative estimate of drug-likeness (QED) is 0.648. The average Bonchev–Trinajstić information content (AvgIpc) is 3.10. The van der Waals surface area contributed by atoms with Gasteiger partial charge in [-0.1, -0.05) is 30.3 Å². The van der Waals surface area contributed by atoms with Crippen molar-refractivity contribution >= 4 is 17.6 Å². The third-order valence-corrected chi connectivity index (χ3v) is 4.55. The molecule has 0 aliphatic rings. The van der Waals surface area contributed by atoms with Gasteiger partial charge >= 0.3 is 12.1 Å². The Morgan fingerprint density at radius 1 is 1.17 bits per heavy atom. The number of rotatable bonds is 5. The van der Waals surface area contributed by atoms with Gasteiger partial charge in [-0.25, -0.2) is 4.98 Å². The van der Waals surface area contributed by atoms with Gasteiger partial charge in [0.25, 0.3) is 11.6 Å². The Balaban J connectivity index is 2.14. The molecule has 1 N–H and O–H groups in total. The average molecular weight is 407 g/mol. The van der Waals surface area contributed by atoms with Crippen molar-refractivity contribution in [1.82, 2.24) is 19.6 Å². The topological polar surface area (TPSA) is 81.4 Å². The van der Waals surface area contributed by atoms with E-state index in [-0.39, 0.29) is 11.6 Å². The minimum atomic E-state index is -4.71. The number of benzene rings is 1. The maximum absolute atomic E-state index is 13.1. The van der Waals surface area contributed by atoms with Crippen LogP contribution in [0.25, 0.3) is 5.78 Å². The normalized spacial score (nSPS) is 13.3. The number of nitrogens with zero attached hydrogens (tertiary/aromatic N) is 4. The maximum Gasteiger partial charge on any atom is 0.453 e. The Bertz CT molecular complexity index is 1030. The van der Waals surface area contributed by atoms with Crippen LogP contribution in [-0.4, -0.2) is 32.7 Å². The molecule has 10 heteroatoms. The molecule has 7 nitrogen and oxygen atoms in total. The van der Waals surface area contributed by atoms with Crippen LogP contribution >= 0.6 is 0 Å². The maximum atomic E-state index is 13.1. The highest BCUT2D eigenvalue weighted by Gasteiger charge is 2.40. The van der Waals surface area contributed by atoms with Crippen LogP contribution in [0.2, 0.25) is 0 Å². The standard InChI is InChI=1S/C19H20F3N5O2/c1-11-10-13(27-17(23-11)25-15(26-27)19(20,21)22)24-14(12-8-6-5-7-9-12)18(2,3)16(28)29-4/h5-10,14,24H,1-4H3/t14-/m1/s1. The van der Waals surface area contributed by atoms with Crippen LogP contribution in [0.3, 0.4) is 0 Å². The van der Waals surface area contributed by atoms with Gasteiger partial charge in [0.15, 0.2) is 0 Å². The predicted molar refractivity (Wildman–Crippen MR) is 99.1 cm³/mol. The second-order valence-corrected chi connectivity index (χ2v) is 7.13. The van der Waals surface area contributed by atoms with Crippen LogP contribution < -0.4 is 5.32 Å². The van der Waals surface area contributed by atoms with E-state index in [2.05, 4.69) is 20.4 Å². The summed E-state index contributed by atoms with van der Waals surface area (Å²) in [6, 6.07) is 9.99. The number of fused-ring (bicyclic) bond motifs is 1. The largest absolute Gasteiger partial charge is 0.469 e. The summed E-state index contributed by atoms with van der Waals surface area (Å²) in [6.07, 6.45) is -4.71. The van der Waals surface area contributed by atoms with Crippen LogP contribution in [0.15, 0.2) is 36.4 Å². The summed E-state index contributed by atoms with van der Waals surface area (Å²) in [6.45, 7) is 5.02. The lowest BCUT2D eigenvalue weighted by Gasteiger charge is -2.33. The summed E-state index contributed by atoms with van der Waals surface area (Å²) in [4.78, 5) is 20.0. The van der Waals surface area contributed by atoms with E-state index in [1.165, 1.54) is 7.11 Å². The first-order valence-electron chi connectivity index (χ1n) is 8.75. The minimum absolute atomic E-state index is 0.192. The first-order chi connectivity index (χ1) is 13.5. The Morgan fingerprint density at radius 3 is 2.41 bits per heavy atom. The molecule has 2 heterocycles. The predicted octanol–water partition coefficient (Wildman–Crippen LogP) is 3.80. The highest BCUT2D eigenvalue weighted by Crippen LogP contribution is 2.37. The Hall–Kier alpha value is -3.17. The number of anilines is 1. The van der Waals surface area contributed by atoms with E-state index in [0.29, 0.717) is 5.69 Å². The van der Waals surface area contributed by atoms with Gasteiger partial charge in [0.2, 0.25) is 0 Å². The SMILES string of the molecule is COC(=O)C(C)(C)[C@H](Nc1cc(C)nc2nc(C(F)(F)F)nn12)c1ccccc1. The van der Waals surface area contributed by atoms with E-state index in [1.54, 1.807) is 26.8 Å². The number of ether oxygens (including phenoxy) is 1. The lowest BCUT2D eigenvalue weighted by Crippen LogP contribution is -2.37. The number of alkyl halides is 3. The summed E-state index contributed by atoms with van der Waals surface area (Å²) in [5, 5.41) is 6.71. The van der Waals surface area contributed by atoms with Gasteiger partial charge in [-0.15, -0.1) is 5.10 Å². The first kappa shape index (κ1) is 20.6. The Morgan fingerprint density at radius 2 is 1.83 bits per heavy atom. The Kier molecular flexibility index (Phi) is 5.20. The van der Waals surface area contributed by atoms with Crippen LogP contribution in [-0.2, 0) is 15.7 Å².